The standard InChI is InChI=1S/C16H21ClN2O/c1-11-5-6-14(7-15(11)17)18-16(20)10-19-8-12-3-2-4-13(12)9-19/h5-7,12-13H,2-4,8-10H2,1H3,(H,18,20). The van der Waals surface area contributed by atoms with Crippen molar-refractivity contribution in [2.75, 3.05) is 25.0 Å². The van der Waals surface area contributed by atoms with Gasteiger partial charge in [0.05, 0.1) is 6.54 Å². The van der Waals surface area contributed by atoms with Gasteiger partial charge in [-0.2, -0.15) is 0 Å². The van der Waals surface area contributed by atoms with Crippen molar-refractivity contribution in [3.63, 3.8) is 0 Å². The Hall–Kier alpha value is -1.06. The first-order valence-electron chi connectivity index (χ1n) is 7.40. The highest BCUT2D eigenvalue weighted by atomic mass is 35.5. The first-order valence-corrected chi connectivity index (χ1v) is 7.78. The summed E-state index contributed by atoms with van der Waals surface area (Å²) in [5.74, 6) is 1.72. The third-order valence-electron chi connectivity index (χ3n) is 4.62. The van der Waals surface area contributed by atoms with Crippen LogP contribution in [0.4, 0.5) is 5.69 Å². The molecule has 0 spiro atoms. The minimum absolute atomic E-state index is 0.0601. The van der Waals surface area contributed by atoms with Crippen LogP contribution in [0.15, 0.2) is 18.2 Å². The number of halogens is 1. The van der Waals surface area contributed by atoms with Gasteiger partial charge in [-0.25, -0.2) is 0 Å². The van der Waals surface area contributed by atoms with Crippen molar-refractivity contribution >= 4 is 23.2 Å². The van der Waals surface area contributed by atoms with Gasteiger partial charge in [0, 0.05) is 23.8 Å². The molecule has 108 valence electrons. The minimum Gasteiger partial charge on any atom is -0.325 e. The molecule has 1 saturated carbocycles. The molecule has 1 saturated heterocycles. The molecule has 0 bridgehead atoms. The van der Waals surface area contributed by atoms with Gasteiger partial charge in [0.1, 0.15) is 0 Å². The Morgan fingerprint density at radius 3 is 2.70 bits per heavy atom. The Morgan fingerprint density at radius 1 is 1.35 bits per heavy atom. The highest BCUT2D eigenvalue weighted by Gasteiger charge is 2.36. The summed E-state index contributed by atoms with van der Waals surface area (Å²) in [7, 11) is 0. The largest absolute Gasteiger partial charge is 0.325 e. The molecule has 2 aliphatic rings. The molecule has 2 atom stereocenters. The normalized spacial score (nSPS) is 25.7. The van der Waals surface area contributed by atoms with E-state index in [-0.39, 0.29) is 5.91 Å². The molecule has 1 aromatic rings. The number of rotatable bonds is 3. The van der Waals surface area contributed by atoms with Gasteiger partial charge in [0.2, 0.25) is 5.91 Å². The van der Waals surface area contributed by atoms with Crippen LogP contribution < -0.4 is 5.32 Å². The lowest BCUT2D eigenvalue weighted by molar-refractivity contribution is -0.117. The van der Waals surface area contributed by atoms with E-state index in [0.29, 0.717) is 11.6 Å². The van der Waals surface area contributed by atoms with Gasteiger partial charge >= 0.3 is 0 Å². The fraction of sp³-hybridized carbons (Fsp3) is 0.562. The summed E-state index contributed by atoms with van der Waals surface area (Å²) in [6.07, 6.45) is 4.06. The van der Waals surface area contributed by atoms with E-state index in [1.54, 1.807) is 0 Å². The molecule has 2 fully saturated rings. The fourth-order valence-electron chi connectivity index (χ4n) is 3.54. The molecule has 4 heteroatoms. The lowest BCUT2D eigenvalue weighted by atomic mass is 10.0. The zero-order valence-electron chi connectivity index (χ0n) is 11.9. The monoisotopic (exact) mass is 292 g/mol. The maximum Gasteiger partial charge on any atom is 0.238 e. The van der Waals surface area contributed by atoms with Crippen LogP contribution in [0.5, 0.6) is 0 Å². The molecule has 1 aromatic carbocycles. The Bertz CT molecular complexity index is 505. The van der Waals surface area contributed by atoms with Crippen LogP contribution in [-0.2, 0) is 4.79 Å². The van der Waals surface area contributed by atoms with Crippen LogP contribution in [0.2, 0.25) is 5.02 Å². The number of amides is 1. The summed E-state index contributed by atoms with van der Waals surface area (Å²) < 4.78 is 0. The second kappa shape index (κ2) is 5.74. The maximum absolute atomic E-state index is 12.1. The molecular weight excluding hydrogens is 272 g/mol. The number of anilines is 1. The number of carbonyl (C=O) groups excluding carboxylic acids is 1. The van der Waals surface area contributed by atoms with E-state index in [1.165, 1.54) is 19.3 Å². The summed E-state index contributed by atoms with van der Waals surface area (Å²) in [5.41, 5.74) is 1.81. The number of hydrogen-bond donors (Lipinski definition) is 1. The number of fused-ring (bicyclic) bond motifs is 1. The van der Waals surface area contributed by atoms with Gasteiger partial charge in [0.15, 0.2) is 0 Å². The quantitative estimate of drug-likeness (QED) is 0.927. The lowest BCUT2D eigenvalue weighted by Gasteiger charge is -2.16. The maximum atomic E-state index is 12.1. The molecule has 1 amide bonds. The van der Waals surface area contributed by atoms with Crippen molar-refractivity contribution in [1.29, 1.82) is 0 Å². The molecule has 3 nitrogen and oxygen atoms in total. The van der Waals surface area contributed by atoms with Crippen molar-refractivity contribution in [3.05, 3.63) is 28.8 Å². The topological polar surface area (TPSA) is 32.3 Å². The van der Waals surface area contributed by atoms with Crippen LogP contribution in [-0.4, -0.2) is 30.4 Å². The molecule has 1 N–H and O–H groups in total. The van der Waals surface area contributed by atoms with Crippen molar-refractivity contribution in [2.24, 2.45) is 11.8 Å². The summed E-state index contributed by atoms with van der Waals surface area (Å²) in [5, 5.41) is 3.63. The Kier molecular flexibility index (Phi) is 3.99. The highest BCUT2D eigenvalue weighted by Crippen LogP contribution is 2.37. The van der Waals surface area contributed by atoms with E-state index in [1.807, 2.05) is 25.1 Å². The molecule has 3 rings (SSSR count). The zero-order valence-corrected chi connectivity index (χ0v) is 12.6. The highest BCUT2D eigenvalue weighted by molar-refractivity contribution is 6.31. The van der Waals surface area contributed by atoms with E-state index in [4.69, 9.17) is 11.6 Å². The second-order valence-corrected chi connectivity index (χ2v) is 6.56. The molecule has 1 aliphatic carbocycles. The van der Waals surface area contributed by atoms with Gasteiger partial charge < -0.3 is 5.32 Å². The van der Waals surface area contributed by atoms with Gasteiger partial charge in [-0.15, -0.1) is 0 Å². The number of nitrogens with one attached hydrogen (secondary N) is 1. The lowest BCUT2D eigenvalue weighted by Crippen LogP contribution is -2.32. The Balaban J connectivity index is 1.53. The van der Waals surface area contributed by atoms with Gasteiger partial charge in [-0.05, 0) is 49.3 Å². The molecule has 0 aromatic heterocycles. The molecule has 1 aliphatic heterocycles. The van der Waals surface area contributed by atoms with Crippen molar-refractivity contribution in [2.45, 2.75) is 26.2 Å². The Morgan fingerprint density at radius 2 is 2.05 bits per heavy atom. The van der Waals surface area contributed by atoms with Gasteiger partial charge in [0.25, 0.3) is 0 Å². The average Bonchev–Trinajstić information content (AvgIpc) is 2.94. The van der Waals surface area contributed by atoms with Crippen molar-refractivity contribution < 1.29 is 4.79 Å². The summed E-state index contributed by atoms with van der Waals surface area (Å²) in [6, 6.07) is 5.64. The summed E-state index contributed by atoms with van der Waals surface area (Å²) >= 11 is 6.07. The van der Waals surface area contributed by atoms with E-state index >= 15 is 0 Å². The molecule has 0 radical (unpaired) electrons. The first-order chi connectivity index (χ1) is 9.61. The van der Waals surface area contributed by atoms with Gasteiger partial charge in [-0.3, -0.25) is 9.69 Å². The minimum atomic E-state index is 0.0601. The third-order valence-corrected chi connectivity index (χ3v) is 5.03. The first kappa shape index (κ1) is 13.9. The molecule has 1 heterocycles. The Labute approximate surface area is 125 Å². The van der Waals surface area contributed by atoms with E-state index in [2.05, 4.69) is 10.2 Å². The number of hydrogen-bond acceptors (Lipinski definition) is 2. The smallest absolute Gasteiger partial charge is 0.238 e. The number of benzene rings is 1. The predicted octanol–water partition coefficient (Wildman–Crippen LogP) is 3.32. The van der Waals surface area contributed by atoms with E-state index < -0.39 is 0 Å². The van der Waals surface area contributed by atoms with Crippen LogP contribution in [0.1, 0.15) is 24.8 Å². The molecular formula is C16H21ClN2O. The fourth-order valence-corrected chi connectivity index (χ4v) is 3.72. The predicted molar refractivity (Wildman–Crippen MR) is 82.1 cm³/mol. The average molecular weight is 293 g/mol. The zero-order chi connectivity index (χ0) is 14.1. The van der Waals surface area contributed by atoms with Crippen LogP contribution >= 0.6 is 11.6 Å². The molecule has 20 heavy (non-hydrogen) atoms. The number of nitrogens with zero attached hydrogens (tertiary/aromatic N) is 1. The summed E-state index contributed by atoms with van der Waals surface area (Å²) in [4.78, 5) is 14.4. The van der Waals surface area contributed by atoms with Crippen molar-refractivity contribution in [1.82, 2.24) is 4.90 Å². The van der Waals surface area contributed by atoms with Crippen LogP contribution in [0.3, 0.4) is 0 Å². The molecule has 2 unspecified atom stereocenters. The van der Waals surface area contributed by atoms with Crippen molar-refractivity contribution in [3.8, 4) is 0 Å². The number of likely N-dealkylation sites (tertiary alicyclic amines) is 1. The number of carbonyl (C=O) groups is 1. The number of aryl methyl sites for hydroxylation is 1. The third kappa shape index (κ3) is 2.99. The SMILES string of the molecule is Cc1ccc(NC(=O)CN2CC3CCCC3C2)cc1Cl. The van der Waals surface area contributed by atoms with Gasteiger partial charge in [-0.1, -0.05) is 24.1 Å². The van der Waals surface area contributed by atoms with Crippen LogP contribution in [0, 0.1) is 18.8 Å². The summed E-state index contributed by atoms with van der Waals surface area (Å²) in [6.45, 7) is 4.63. The second-order valence-electron chi connectivity index (χ2n) is 6.16. The van der Waals surface area contributed by atoms with E-state index in [0.717, 1.165) is 36.2 Å². The van der Waals surface area contributed by atoms with E-state index in [9.17, 15) is 4.79 Å². The van der Waals surface area contributed by atoms with Crippen LogP contribution in [0.25, 0.3) is 0 Å².